The van der Waals surface area contributed by atoms with Gasteiger partial charge in [-0.3, -0.25) is 4.79 Å². The van der Waals surface area contributed by atoms with Crippen molar-refractivity contribution in [2.24, 2.45) is 45.3 Å². The van der Waals surface area contributed by atoms with E-state index in [4.69, 9.17) is 9.47 Å². The van der Waals surface area contributed by atoms with Crippen molar-refractivity contribution >= 4 is 5.78 Å². The molecule has 35 heavy (non-hydrogen) atoms. The van der Waals surface area contributed by atoms with Crippen molar-refractivity contribution < 1.29 is 19.4 Å². The Morgan fingerprint density at radius 2 is 1.74 bits per heavy atom. The summed E-state index contributed by atoms with van der Waals surface area (Å²) in [6, 6.07) is 0. The van der Waals surface area contributed by atoms with Crippen LogP contribution in [-0.2, 0) is 14.3 Å². The molecule has 1 N–H and O–H groups in total. The minimum Gasteiger partial charge on any atom is -0.390 e. The Morgan fingerprint density at radius 3 is 2.34 bits per heavy atom. The van der Waals surface area contributed by atoms with Crippen molar-refractivity contribution in [3.8, 4) is 0 Å². The molecule has 0 amide bonds. The van der Waals surface area contributed by atoms with E-state index in [1.165, 1.54) is 25.7 Å². The summed E-state index contributed by atoms with van der Waals surface area (Å²) >= 11 is 0. The highest BCUT2D eigenvalue weighted by molar-refractivity contribution is 5.85. The molecule has 4 aliphatic carbocycles. The van der Waals surface area contributed by atoms with Crippen molar-refractivity contribution in [1.82, 2.24) is 0 Å². The second-order valence-electron chi connectivity index (χ2n) is 14.9. The first-order valence-electron chi connectivity index (χ1n) is 14.3. The number of hydrogen-bond acceptors (Lipinski definition) is 4. The first-order valence-corrected chi connectivity index (χ1v) is 14.3. The molecule has 1 heterocycles. The smallest absolute Gasteiger partial charge is 0.138 e. The number of ether oxygens (including phenoxy) is 2. The normalized spacial score (nSPS) is 49.4. The first-order chi connectivity index (χ1) is 16.1. The quantitative estimate of drug-likeness (QED) is 0.363. The van der Waals surface area contributed by atoms with Crippen molar-refractivity contribution in [2.75, 3.05) is 7.11 Å². The van der Waals surface area contributed by atoms with Crippen molar-refractivity contribution in [1.29, 1.82) is 0 Å². The SMILES string of the molecule is COC1C=C2C(CCC3(C)C(C(C)CC(O)C4OC4(C)C)CCC23C)C2(C)CCC(=O)C(C)(C)C12. The lowest BCUT2D eigenvalue weighted by atomic mass is 9.40. The van der Waals surface area contributed by atoms with Gasteiger partial charge in [-0.15, -0.1) is 0 Å². The van der Waals surface area contributed by atoms with Gasteiger partial charge in [0.15, 0.2) is 0 Å². The van der Waals surface area contributed by atoms with Crippen molar-refractivity contribution in [2.45, 2.75) is 124 Å². The molecule has 10 atom stereocenters. The fraction of sp³-hybridized carbons (Fsp3) is 0.903. The molecular weight excluding hydrogens is 436 g/mol. The summed E-state index contributed by atoms with van der Waals surface area (Å²) in [6.45, 7) is 18.4. The summed E-state index contributed by atoms with van der Waals surface area (Å²) in [5, 5.41) is 10.9. The zero-order valence-electron chi connectivity index (χ0n) is 23.7. The number of carbonyl (C=O) groups is 1. The molecule has 3 saturated carbocycles. The van der Waals surface area contributed by atoms with Gasteiger partial charge in [-0.2, -0.15) is 0 Å². The van der Waals surface area contributed by atoms with Gasteiger partial charge in [0, 0.05) is 24.9 Å². The Hall–Kier alpha value is -0.710. The zero-order valence-corrected chi connectivity index (χ0v) is 23.7. The third-order valence-electron chi connectivity index (χ3n) is 12.5. The Kier molecular flexibility index (Phi) is 5.85. The molecule has 0 aromatic heterocycles. The molecule has 0 aromatic rings. The first kappa shape index (κ1) is 25.9. The highest BCUT2D eigenvalue weighted by atomic mass is 16.6. The topological polar surface area (TPSA) is 59.1 Å². The van der Waals surface area contributed by atoms with Gasteiger partial charge < -0.3 is 14.6 Å². The maximum atomic E-state index is 13.0. The van der Waals surface area contributed by atoms with E-state index < -0.39 is 0 Å². The monoisotopic (exact) mass is 486 g/mol. The predicted octanol–water partition coefficient (Wildman–Crippen LogP) is 6.35. The summed E-state index contributed by atoms with van der Waals surface area (Å²) in [5.41, 5.74) is 1.57. The number of Topliss-reactive ketones (excluding diaryl/α,β-unsaturated/α-hetero) is 1. The van der Waals surface area contributed by atoms with Crippen LogP contribution < -0.4 is 0 Å². The summed E-state index contributed by atoms with van der Waals surface area (Å²) in [6.07, 6.45) is 9.47. The molecule has 198 valence electrons. The van der Waals surface area contributed by atoms with Gasteiger partial charge in [-0.25, -0.2) is 0 Å². The molecule has 5 aliphatic rings. The van der Waals surface area contributed by atoms with Crippen LogP contribution in [0.1, 0.15) is 100 Å². The maximum Gasteiger partial charge on any atom is 0.138 e. The van der Waals surface area contributed by atoms with E-state index in [1.807, 2.05) is 7.11 Å². The molecule has 1 aliphatic heterocycles. The van der Waals surface area contributed by atoms with E-state index >= 15 is 0 Å². The molecule has 4 fully saturated rings. The molecule has 4 nitrogen and oxygen atoms in total. The van der Waals surface area contributed by atoms with Gasteiger partial charge >= 0.3 is 0 Å². The van der Waals surface area contributed by atoms with Crippen LogP contribution in [0.25, 0.3) is 0 Å². The number of fused-ring (bicyclic) bond motifs is 5. The third-order valence-corrected chi connectivity index (χ3v) is 12.5. The number of hydrogen-bond donors (Lipinski definition) is 1. The number of rotatable bonds is 5. The standard InChI is InChI=1S/C31H50O4/c1-18(16-22(32)26-28(4,5)35-26)19-10-14-31(8)21-17-23(34-9)25-27(2,3)24(33)12-13-29(25,6)20(21)11-15-30(19,31)7/h17-20,22-23,25-26,32H,10-16H2,1-9H3. The fourth-order valence-corrected chi connectivity index (χ4v) is 10.3. The second-order valence-corrected chi connectivity index (χ2v) is 14.9. The lowest BCUT2D eigenvalue weighted by Gasteiger charge is -2.64. The van der Waals surface area contributed by atoms with E-state index in [2.05, 4.69) is 61.5 Å². The van der Waals surface area contributed by atoms with E-state index in [0.717, 1.165) is 12.8 Å². The van der Waals surface area contributed by atoms with Crippen LogP contribution >= 0.6 is 0 Å². The van der Waals surface area contributed by atoms with Crippen LogP contribution in [0, 0.1) is 45.3 Å². The Balaban J connectivity index is 1.46. The van der Waals surface area contributed by atoms with Crippen molar-refractivity contribution in [3.05, 3.63) is 11.6 Å². The minimum atomic E-state index is -0.375. The number of aliphatic hydroxyl groups excluding tert-OH is 1. The molecule has 0 radical (unpaired) electrons. The van der Waals surface area contributed by atoms with E-state index in [1.54, 1.807) is 5.57 Å². The Morgan fingerprint density at radius 1 is 1.09 bits per heavy atom. The number of allylic oxidation sites excluding steroid dienone is 1. The second kappa shape index (κ2) is 7.90. The molecule has 10 unspecified atom stereocenters. The van der Waals surface area contributed by atoms with E-state index in [9.17, 15) is 9.90 Å². The molecule has 1 saturated heterocycles. The summed E-state index contributed by atoms with van der Waals surface area (Å²) in [7, 11) is 1.84. The lowest BCUT2D eigenvalue weighted by molar-refractivity contribution is -0.159. The van der Waals surface area contributed by atoms with Gasteiger partial charge in [0.25, 0.3) is 0 Å². The lowest BCUT2D eigenvalue weighted by Crippen LogP contribution is -2.61. The number of methoxy groups -OCH3 is 1. The number of carbonyl (C=O) groups excluding carboxylic acids is 1. The van der Waals surface area contributed by atoms with Crippen LogP contribution in [0.3, 0.4) is 0 Å². The predicted molar refractivity (Wildman–Crippen MR) is 139 cm³/mol. The maximum absolute atomic E-state index is 13.0. The molecule has 5 rings (SSSR count). The summed E-state index contributed by atoms with van der Waals surface area (Å²) < 4.78 is 12.0. The van der Waals surface area contributed by atoms with Crippen molar-refractivity contribution in [3.63, 3.8) is 0 Å². The Labute approximate surface area is 213 Å². The molecule has 0 spiro atoms. The van der Waals surface area contributed by atoms with Gasteiger partial charge in [0.05, 0.1) is 17.8 Å². The van der Waals surface area contributed by atoms with Crippen LogP contribution in [0.15, 0.2) is 11.6 Å². The molecule has 4 heteroatoms. The minimum absolute atomic E-state index is 0.00258. The highest BCUT2D eigenvalue weighted by Gasteiger charge is 2.67. The van der Waals surface area contributed by atoms with Gasteiger partial charge in [-0.05, 0) is 86.4 Å². The van der Waals surface area contributed by atoms with E-state index in [0.29, 0.717) is 30.0 Å². The number of ketones is 1. The fourth-order valence-electron chi connectivity index (χ4n) is 10.3. The average Bonchev–Trinajstić information content (AvgIpc) is 3.31. The highest BCUT2D eigenvalue weighted by Crippen LogP contribution is 2.73. The van der Waals surface area contributed by atoms with E-state index in [-0.39, 0.29) is 51.5 Å². The van der Waals surface area contributed by atoms with Gasteiger partial charge in [-0.1, -0.05) is 53.2 Å². The molecule has 0 bridgehead atoms. The largest absolute Gasteiger partial charge is 0.390 e. The number of aliphatic hydroxyl groups is 1. The summed E-state index contributed by atoms with van der Waals surface area (Å²) in [5.74, 6) is 2.23. The van der Waals surface area contributed by atoms with Crippen LogP contribution in [0.5, 0.6) is 0 Å². The van der Waals surface area contributed by atoms with Gasteiger partial charge in [0.2, 0.25) is 0 Å². The van der Waals surface area contributed by atoms with Crippen LogP contribution in [0.2, 0.25) is 0 Å². The van der Waals surface area contributed by atoms with Gasteiger partial charge in [0.1, 0.15) is 11.9 Å². The summed E-state index contributed by atoms with van der Waals surface area (Å²) in [4.78, 5) is 13.0. The Bertz CT molecular complexity index is 919. The molecule has 0 aromatic carbocycles. The molecular formula is C31H50O4. The van der Waals surface area contributed by atoms with Crippen LogP contribution in [0.4, 0.5) is 0 Å². The third kappa shape index (κ3) is 3.44. The van der Waals surface area contributed by atoms with Crippen LogP contribution in [-0.4, -0.2) is 41.9 Å². The average molecular weight is 487 g/mol. The zero-order chi connectivity index (χ0) is 25.8. The number of epoxide rings is 1.